The van der Waals surface area contributed by atoms with Crippen LogP contribution in [0.5, 0.6) is 0 Å². The molecule has 22 heavy (non-hydrogen) atoms. The predicted octanol–water partition coefficient (Wildman–Crippen LogP) is 3.26. The highest BCUT2D eigenvalue weighted by molar-refractivity contribution is 7.90. The summed E-state index contributed by atoms with van der Waals surface area (Å²) in [7, 11) is -3.57. The highest BCUT2D eigenvalue weighted by Crippen LogP contribution is 2.23. The van der Waals surface area contributed by atoms with Crippen LogP contribution in [0.3, 0.4) is 0 Å². The summed E-state index contributed by atoms with van der Waals surface area (Å²) in [6.45, 7) is 1.84. The van der Waals surface area contributed by atoms with Gasteiger partial charge in [0, 0.05) is 34.2 Å². The number of aryl methyl sites for hydroxylation is 1. The van der Waals surface area contributed by atoms with Crippen molar-refractivity contribution in [1.29, 1.82) is 0 Å². The van der Waals surface area contributed by atoms with Crippen molar-refractivity contribution in [3.63, 3.8) is 0 Å². The molecule has 0 radical (unpaired) electrons. The first kappa shape index (κ1) is 15.2. The molecule has 0 unspecified atom stereocenters. The largest absolute Gasteiger partial charge is 0.291 e. The molecule has 3 rings (SSSR count). The molecule has 1 aromatic carbocycles. The molecule has 0 saturated carbocycles. The second kappa shape index (κ2) is 5.83. The Kier molecular flexibility index (Phi) is 4.03. The number of aromatic nitrogens is 3. The van der Waals surface area contributed by atoms with Gasteiger partial charge in [-0.2, -0.15) is 0 Å². The molecule has 0 aliphatic carbocycles. The lowest BCUT2D eigenvalue weighted by Crippen LogP contribution is -2.11. The van der Waals surface area contributed by atoms with E-state index < -0.39 is 9.84 Å². The van der Waals surface area contributed by atoms with Crippen LogP contribution in [0.15, 0.2) is 48.0 Å². The first-order chi connectivity index (χ1) is 10.5. The first-order valence-electron chi connectivity index (χ1n) is 6.39. The van der Waals surface area contributed by atoms with E-state index in [0.29, 0.717) is 15.6 Å². The van der Waals surface area contributed by atoms with E-state index in [9.17, 15) is 8.42 Å². The van der Waals surface area contributed by atoms with Gasteiger partial charge < -0.3 is 0 Å². The van der Waals surface area contributed by atoms with Crippen LogP contribution in [0.1, 0.15) is 9.88 Å². The first-order valence-corrected chi connectivity index (χ1v) is 9.24. The smallest absolute Gasteiger partial charge is 0.232 e. The van der Waals surface area contributed by atoms with Gasteiger partial charge >= 0.3 is 0 Å². The number of hydrogen-bond acceptors (Lipinski definition) is 5. The average Bonchev–Trinajstić information content (AvgIpc) is 3.08. The van der Waals surface area contributed by atoms with E-state index in [1.807, 2.05) is 6.92 Å². The standard InChI is InChI=1S/C14H12ClN3O2S2/c1-10-17-8-13(21-10)9-22(19,20)14-16-5-6-18(14)12-4-2-3-11(15)7-12/h2-8H,9H2,1H3. The lowest BCUT2D eigenvalue weighted by molar-refractivity contribution is 0.583. The Bertz CT molecular complexity index is 916. The number of halogens is 1. The highest BCUT2D eigenvalue weighted by Gasteiger charge is 2.23. The molecule has 5 nitrogen and oxygen atoms in total. The minimum atomic E-state index is -3.57. The second-order valence-corrected chi connectivity index (χ2v) is 8.30. The van der Waals surface area contributed by atoms with Crippen LogP contribution in [-0.2, 0) is 15.6 Å². The lowest BCUT2D eigenvalue weighted by atomic mass is 10.3. The van der Waals surface area contributed by atoms with Crippen LogP contribution in [0.2, 0.25) is 5.02 Å². The minimum Gasteiger partial charge on any atom is -0.291 e. The minimum absolute atomic E-state index is 0.000759. The maximum atomic E-state index is 12.6. The molecule has 0 amide bonds. The van der Waals surface area contributed by atoms with Crippen molar-refractivity contribution in [3.05, 3.63) is 57.8 Å². The molecule has 0 fully saturated rings. The molecular weight excluding hydrogens is 342 g/mol. The summed E-state index contributed by atoms with van der Waals surface area (Å²) in [4.78, 5) is 8.79. The van der Waals surface area contributed by atoms with Crippen molar-refractivity contribution < 1.29 is 8.42 Å². The molecule has 0 atom stereocenters. The zero-order valence-electron chi connectivity index (χ0n) is 11.6. The number of thiazole rings is 1. The summed E-state index contributed by atoms with van der Waals surface area (Å²) in [5, 5.41) is 1.37. The maximum absolute atomic E-state index is 12.6. The Morgan fingerprint density at radius 3 is 2.82 bits per heavy atom. The maximum Gasteiger partial charge on any atom is 0.232 e. The molecule has 2 heterocycles. The van der Waals surface area contributed by atoms with Gasteiger partial charge in [-0.1, -0.05) is 17.7 Å². The Morgan fingerprint density at radius 2 is 2.14 bits per heavy atom. The summed E-state index contributed by atoms with van der Waals surface area (Å²) in [5.41, 5.74) is 0.657. The third kappa shape index (κ3) is 3.06. The fraction of sp³-hybridized carbons (Fsp3) is 0.143. The van der Waals surface area contributed by atoms with E-state index in [0.717, 1.165) is 5.01 Å². The van der Waals surface area contributed by atoms with Crippen molar-refractivity contribution in [2.75, 3.05) is 0 Å². The number of nitrogens with zero attached hydrogens (tertiary/aromatic N) is 3. The molecule has 8 heteroatoms. The van der Waals surface area contributed by atoms with Crippen LogP contribution >= 0.6 is 22.9 Å². The van der Waals surface area contributed by atoms with E-state index in [1.165, 1.54) is 22.1 Å². The molecule has 2 aromatic heterocycles. The van der Waals surface area contributed by atoms with Gasteiger partial charge in [0.1, 0.15) is 0 Å². The molecule has 0 spiro atoms. The van der Waals surface area contributed by atoms with Gasteiger partial charge in [0.05, 0.1) is 10.8 Å². The quantitative estimate of drug-likeness (QED) is 0.722. The predicted molar refractivity (Wildman–Crippen MR) is 86.3 cm³/mol. The van der Waals surface area contributed by atoms with Crippen molar-refractivity contribution in [1.82, 2.24) is 14.5 Å². The van der Waals surface area contributed by atoms with Crippen molar-refractivity contribution >= 4 is 32.8 Å². The summed E-state index contributed by atoms with van der Waals surface area (Å²) >= 11 is 7.34. The van der Waals surface area contributed by atoms with Crippen LogP contribution < -0.4 is 0 Å². The van der Waals surface area contributed by atoms with Gasteiger partial charge in [-0.25, -0.2) is 18.4 Å². The number of benzene rings is 1. The van der Waals surface area contributed by atoms with Crippen LogP contribution in [0.4, 0.5) is 0 Å². The number of hydrogen-bond donors (Lipinski definition) is 0. The van der Waals surface area contributed by atoms with Crippen LogP contribution in [-0.4, -0.2) is 23.0 Å². The van der Waals surface area contributed by atoms with E-state index in [1.54, 1.807) is 36.7 Å². The second-order valence-electron chi connectivity index (χ2n) is 4.66. The van der Waals surface area contributed by atoms with Gasteiger partial charge in [-0.3, -0.25) is 4.57 Å². The highest BCUT2D eigenvalue weighted by atomic mass is 35.5. The van der Waals surface area contributed by atoms with Gasteiger partial charge in [-0.15, -0.1) is 11.3 Å². The summed E-state index contributed by atoms with van der Waals surface area (Å²) < 4.78 is 26.8. The van der Waals surface area contributed by atoms with Crippen LogP contribution in [0, 0.1) is 6.92 Å². The van der Waals surface area contributed by atoms with Gasteiger partial charge in [-0.05, 0) is 25.1 Å². The monoisotopic (exact) mass is 353 g/mol. The Morgan fingerprint density at radius 1 is 1.32 bits per heavy atom. The zero-order chi connectivity index (χ0) is 15.7. The van der Waals surface area contributed by atoms with Crippen molar-refractivity contribution in [2.24, 2.45) is 0 Å². The fourth-order valence-electron chi connectivity index (χ4n) is 2.07. The molecule has 0 saturated heterocycles. The van der Waals surface area contributed by atoms with Gasteiger partial charge in [0.25, 0.3) is 0 Å². The molecule has 0 N–H and O–H groups in total. The van der Waals surface area contributed by atoms with E-state index in [2.05, 4.69) is 9.97 Å². The van der Waals surface area contributed by atoms with E-state index in [-0.39, 0.29) is 10.9 Å². The third-order valence-electron chi connectivity index (χ3n) is 2.97. The summed E-state index contributed by atoms with van der Waals surface area (Å²) in [6.07, 6.45) is 4.66. The van der Waals surface area contributed by atoms with E-state index >= 15 is 0 Å². The number of rotatable bonds is 4. The van der Waals surface area contributed by atoms with E-state index in [4.69, 9.17) is 11.6 Å². The lowest BCUT2D eigenvalue weighted by Gasteiger charge is -2.08. The van der Waals surface area contributed by atoms with Crippen molar-refractivity contribution in [2.45, 2.75) is 17.8 Å². The number of imidazole rings is 1. The van der Waals surface area contributed by atoms with Crippen LogP contribution in [0.25, 0.3) is 5.69 Å². The molecule has 114 valence electrons. The molecule has 0 aliphatic rings. The molecule has 0 aliphatic heterocycles. The molecule has 0 bridgehead atoms. The Hall–Kier alpha value is -1.70. The molecule has 3 aromatic rings. The Labute approximate surface area is 137 Å². The average molecular weight is 354 g/mol. The summed E-state index contributed by atoms with van der Waals surface area (Å²) in [5.74, 6) is -0.115. The van der Waals surface area contributed by atoms with Gasteiger partial charge in [0.15, 0.2) is 0 Å². The SMILES string of the molecule is Cc1ncc(CS(=O)(=O)c2nccn2-c2cccc(Cl)c2)s1. The summed E-state index contributed by atoms with van der Waals surface area (Å²) in [6, 6.07) is 6.97. The number of sulfone groups is 1. The normalized spacial score (nSPS) is 11.7. The van der Waals surface area contributed by atoms with Gasteiger partial charge in [0.2, 0.25) is 15.0 Å². The fourth-order valence-corrected chi connectivity index (χ4v) is 4.81. The zero-order valence-corrected chi connectivity index (χ0v) is 14.0. The Balaban J connectivity index is 2.00. The molecular formula is C14H12ClN3O2S2. The third-order valence-corrected chi connectivity index (χ3v) is 5.85. The topological polar surface area (TPSA) is 64.8 Å². The van der Waals surface area contributed by atoms with Crippen molar-refractivity contribution in [3.8, 4) is 5.69 Å².